The minimum Gasteiger partial charge on any atom is -0.444 e. The molecule has 0 spiro atoms. The summed E-state index contributed by atoms with van der Waals surface area (Å²) >= 11 is 1.30. The average molecular weight is 529 g/mol. The third-order valence-electron chi connectivity index (χ3n) is 5.12. The van der Waals surface area contributed by atoms with Crippen LogP contribution in [0.2, 0.25) is 0 Å². The van der Waals surface area contributed by atoms with Crippen LogP contribution in [0, 0.1) is 22.7 Å². The number of carbonyl (C=O) groups excluding carboxylic acids is 2. The van der Waals surface area contributed by atoms with E-state index in [2.05, 4.69) is 27.8 Å². The van der Waals surface area contributed by atoms with Crippen molar-refractivity contribution >= 4 is 29.6 Å². The SMILES string of the molecule is CC(C)(C)OC(=O)NCCNC(=O)c1cccc(CSc2nc(N)c(C#N)c(-c3ccccc3)c2C#N)c1. The molecular weight excluding hydrogens is 500 g/mol. The number of anilines is 1. The Morgan fingerprint density at radius 2 is 1.68 bits per heavy atom. The molecule has 0 bridgehead atoms. The van der Waals surface area contributed by atoms with E-state index in [1.165, 1.54) is 11.8 Å². The number of nitrogens with one attached hydrogen (secondary N) is 2. The quantitative estimate of drug-likeness (QED) is 0.283. The van der Waals surface area contributed by atoms with Gasteiger partial charge >= 0.3 is 6.09 Å². The summed E-state index contributed by atoms with van der Waals surface area (Å²) in [6.07, 6.45) is -0.546. The highest BCUT2D eigenvalue weighted by Crippen LogP contribution is 2.36. The topological polar surface area (TPSA) is 154 Å². The van der Waals surface area contributed by atoms with Gasteiger partial charge in [-0.15, -0.1) is 11.8 Å². The molecule has 38 heavy (non-hydrogen) atoms. The zero-order valence-electron chi connectivity index (χ0n) is 21.4. The predicted octanol–water partition coefficient (Wildman–Crippen LogP) is 4.62. The lowest BCUT2D eigenvalue weighted by atomic mass is 9.97. The maximum atomic E-state index is 12.6. The Kier molecular flexibility index (Phi) is 9.31. The molecule has 2 amide bonds. The number of thioether (sulfide) groups is 1. The number of amides is 2. The van der Waals surface area contributed by atoms with Gasteiger partial charge in [0.15, 0.2) is 0 Å². The maximum absolute atomic E-state index is 12.6. The van der Waals surface area contributed by atoms with E-state index in [9.17, 15) is 20.1 Å². The molecular formula is C28H28N6O3S. The second-order valence-electron chi connectivity index (χ2n) is 9.19. The Bertz CT molecular complexity index is 1410. The van der Waals surface area contributed by atoms with Crippen LogP contribution in [-0.4, -0.2) is 35.7 Å². The Morgan fingerprint density at radius 1 is 1.00 bits per heavy atom. The number of pyridine rings is 1. The molecule has 0 aliphatic heterocycles. The maximum Gasteiger partial charge on any atom is 0.407 e. The number of nitrogen functional groups attached to an aromatic ring is 1. The number of hydrogen-bond donors (Lipinski definition) is 3. The third kappa shape index (κ3) is 7.48. The lowest BCUT2D eigenvalue weighted by molar-refractivity contribution is 0.0526. The van der Waals surface area contributed by atoms with Crippen molar-refractivity contribution in [2.45, 2.75) is 37.2 Å². The van der Waals surface area contributed by atoms with Crippen LogP contribution in [-0.2, 0) is 10.5 Å². The summed E-state index contributed by atoms with van der Waals surface area (Å²) in [5.41, 5.74) is 8.39. The van der Waals surface area contributed by atoms with Gasteiger partial charge in [-0.2, -0.15) is 10.5 Å². The molecule has 9 nitrogen and oxygen atoms in total. The van der Waals surface area contributed by atoms with E-state index in [0.717, 1.165) is 5.56 Å². The summed E-state index contributed by atoms with van der Waals surface area (Å²) in [4.78, 5) is 28.6. The lowest BCUT2D eigenvalue weighted by Gasteiger charge is -2.19. The van der Waals surface area contributed by atoms with Gasteiger partial charge in [0.2, 0.25) is 0 Å². The number of nitrogens with two attached hydrogens (primary N) is 1. The Morgan fingerprint density at radius 3 is 2.34 bits per heavy atom. The van der Waals surface area contributed by atoms with Crippen molar-refractivity contribution in [1.29, 1.82) is 10.5 Å². The zero-order chi connectivity index (χ0) is 27.7. The van der Waals surface area contributed by atoms with Crippen molar-refractivity contribution in [2.75, 3.05) is 18.8 Å². The van der Waals surface area contributed by atoms with Crippen molar-refractivity contribution in [1.82, 2.24) is 15.6 Å². The molecule has 0 saturated carbocycles. The number of aromatic nitrogens is 1. The van der Waals surface area contributed by atoms with E-state index in [0.29, 0.717) is 27.5 Å². The lowest BCUT2D eigenvalue weighted by Crippen LogP contribution is -2.37. The van der Waals surface area contributed by atoms with Crippen LogP contribution in [0.4, 0.5) is 10.6 Å². The molecule has 0 saturated heterocycles. The third-order valence-corrected chi connectivity index (χ3v) is 6.17. The van der Waals surface area contributed by atoms with E-state index in [1.54, 1.807) is 39.0 Å². The largest absolute Gasteiger partial charge is 0.444 e. The van der Waals surface area contributed by atoms with Gasteiger partial charge in [-0.25, -0.2) is 9.78 Å². The number of nitrogens with zero attached hydrogens (tertiary/aromatic N) is 3. The van der Waals surface area contributed by atoms with Gasteiger partial charge in [-0.3, -0.25) is 4.79 Å². The molecule has 2 aromatic carbocycles. The van der Waals surface area contributed by atoms with E-state index in [4.69, 9.17) is 10.5 Å². The molecule has 3 aromatic rings. The number of alkyl carbamates (subject to hydrolysis) is 1. The van der Waals surface area contributed by atoms with E-state index < -0.39 is 11.7 Å². The number of nitriles is 2. The van der Waals surface area contributed by atoms with Crippen LogP contribution >= 0.6 is 11.8 Å². The standard InChI is InChI=1S/C28H28N6O3S/c1-28(2,3)37-27(36)33-13-12-32-25(35)20-11-7-8-18(14-20)17-38-26-22(16-30)23(19-9-5-4-6-10-19)21(15-29)24(31)34-26/h4-11,14H,12-13,17H2,1-3H3,(H2,31,34)(H,32,35)(H,33,36). The summed E-state index contributed by atoms with van der Waals surface area (Å²) in [6, 6.07) is 20.5. The second kappa shape index (κ2) is 12.6. The normalized spacial score (nSPS) is 10.7. The fourth-order valence-electron chi connectivity index (χ4n) is 3.51. The van der Waals surface area contributed by atoms with Gasteiger partial charge in [-0.1, -0.05) is 42.5 Å². The van der Waals surface area contributed by atoms with Crippen LogP contribution in [0.25, 0.3) is 11.1 Å². The summed E-state index contributed by atoms with van der Waals surface area (Å²) < 4.78 is 5.16. The minimum absolute atomic E-state index is 0.0565. The number of hydrogen-bond acceptors (Lipinski definition) is 8. The molecule has 0 atom stereocenters. The fraction of sp³-hybridized carbons (Fsp3) is 0.250. The van der Waals surface area contributed by atoms with Crippen molar-refractivity contribution < 1.29 is 14.3 Å². The van der Waals surface area contributed by atoms with Gasteiger partial charge in [-0.05, 0) is 44.0 Å². The molecule has 0 fully saturated rings. The van der Waals surface area contributed by atoms with Crippen LogP contribution in [0.1, 0.15) is 47.8 Å². The van der Waals surface area contributed by atoms with Crippen LogP contribution in [0.3, 0.4) is 0 Å². The highest BCUT2D eigenvalue weighted by atomic mass is 32.2. The molecule has 194 valence electrons. The zero-order valence-corrected chi connectivity index (χ0v) is 22.2. The fourth-order valence-corrected chi connectivity index (χ4v) is 4.44. The highest BCUT2D eigenvalue weighted by Gasteiger charge is 2.20. The monoisotopic (exact) mass is 528 g/mol. The predicted molar refractivity (Wildman–Crippen MR) is 146 cm³/mol. The average Bonchev–Trinajstić information content (AvgIpc) is 2.89. The van der Waals surface area contributed by atoms with Crippen LogP contribution < -0.4 is 16.4 Å². The first kappa shape index (κ1) is 28.0. The molecule has 10 heteroatoms. The number of carbonyl (C=O) groups is 2. The van der Waals surface area contributed by atoms with Gasteiger partial charge in [0.25, 0.3) is 5.91 Å². The molecule has 0 radical (unpaired) electrons. The Labute approximate surface area is 226 Å². The molecule has 3 rings (SSSR count). The first-order valence-electron chi connectivity index (χ1n) is 11.8. The van der Waals surface area contributed by atoms with Crippen molar-refractivity contribution in [3.63, 3.8) is 0 Å². The molecule has 0 aliphatic rings. The molecule has 4 N–H and O–H groups in total. The Balaban J connectivity index is 1.69. The summed E-state index contributed by atoms with van der Waals surface area (Å²) in [6.45, 7) is 5.78. The molecule has 1 aromatic heterocycles. The number of ether oxygens (including phenoxy) is 1. The van der Waals surface area contributed by atoms with Crippen molar-refractivity contribution in [3.05, 3.63) is 76.9 Å². The van der Waals surface area contributed by atoms with Gasteiger partial charge in [0.1, 0.15) is 34.1 Å². The smallest absolute Gasteiger partial charge is 0.407 e. The van der Waals surface area contributed by atoms with Crippen molar-refractivity contribution in [3.8, 4) is 23.3 Å². The Hall–Kier alpha value is -4.54. The minimum atomic E-state index is -0.595. The van der Waals surface area contributed by atoms with Gasteiger partial charge < -0.3 is 21.1 Å². The summed E-state index contributed by atoms with van der Waals surface area (Å²) in [7, 11) is 0. The second-order valence-corrected chi connectivity index (χ2v) is 10.2. The van der Waals surface area contributed by atoms with E-state index in [1.807, 2.05) is 36.4 Å². The van der Waals surface area contributed by atoms with Crippen molar-refractivity contribution in [2.24, 2.45) is 0 Å². The van der Waals surface area contributed by atoms with Crippen LogP contribution in [0.15, 0.2) is 59.6 Å². The number of rotatable bonds is 8. The van der Waals surface area contributed by atoms with E-state index >= 15 is 0 Å². The first-order valence-corrected chi connectivity index (χ1v) is 12.8. The van der Waals surface area contributed by atoms with Gasteiger partial charge in [0, 0.05) is 30.0 Å². The van der Waals surface area contributed by atoms with E-state index in [-0.39, 0.29) is 35.9 Å². The number of benzene rings is 2. The van der Waals surface area contributed by atoms with Crippen LogP contribution in [0.5, 0.6) is 0 Å². The summed E-state index contributed by atoms with van der Waals surface area (Å²) in [5, 5.41) is 25.4. The summed E-state index contributed by atoms with van der Waals surface area (Å²) in [5.74, 6) is 0.191. The molecule has 1 heterocycles. The molecule has 0 unspecified atom stereocenters. The molecule has 0 aliphatic carbocycles. The van der Waals surface area contributed by atoms with Gasteiger partial charge in [0.05, 0.1) is 5.56 Å². The first-order chi connectivity index (χ1) is 18.1. The highest BCUT2D eigenvalue weighted by molar-refractivity contribution is 7.98.